The van der Waals surface area contributed by atoms with Gasteiger partial charge < -0.3 is 21.3 Å². The highest BCUT2D eigenvalue weighted by Gasteiger charge is 2.28. The van der Waals surface area contributed by atoms with E-state index in [1.807, 2.05) is 36.1 Å². The zero-order valence-electron chi connectivity index (χ0n) is 16.5. The highest BCUT2D eigenvalue weighted by atomic mass is 35.5. The number of urea groups is 1. The molecule has 1 saturated heterocycles. The summed E-state index contributed by atoms with van der Waals surface area (Å²) in [5.41, 5.74) is 8.13. The van der Waals surface area contributed by atoms with E-state index in [1.165, 1.54) is 5.56 Å². The van der Waals surface area contributed by atoms with Crippen molar-refractivity contribution in [3.05, 3.63) is 35.4 Å². The number of amides is 3. The molecule has 1 aliphatic heterocycles. The van der Waals surface area contributed by atoms with Gasteiger partial charge in [-0.05, 0) is 37.7 Å². The third-order valence-corrected chi connectivity index (χ3v) is 4.74. The number of nitrogens with one attached hydrogen (secondary N) is 2. The molecule has 0 radical (unpaired) electrons. The molecule has 1 aromatic rings. The van der Waals surface area contributed by atoms with Crippen LogP contribution < -0.4 is 16.4 Å². The van der Waals surface area contributed by atoms with Crippen LogP contribution in [0.3, 0.4) is 0 Å². The SMILES string of the molecule is Cc1ccc(CNC(=O)NC(CC(C)C)C(=O)N2CCC(N)CC2)cc1.Cl. The second-order valence-corrected chi connectivity index (χ2v) is 7.66. The Bertz CT molecular complexity index is 599. The van der Waals surface area contributed by atoms with E-state index < -0.39 is 6.04 Å². The summed E-state index contributed by atoms with van der Waals surface area (Å²) < 4.78 is 0. The monoisotopic (exact) mass is 396 g/mol. The third kappa shape index (κ3) is 7.77. The van der Waals surface area contributed by atoms with Crippen molar-refractivity contribution >= 4 is 24.3 Å². The van der Waals surface area contributed by atoms with E-state index in [1.54, 1.807) is 0 Å². The lowest BCUT2D eigenvalue weighted by Gasteiger charge is -2.33. The van der Waals surface area contributed by atoms with Crippen LogP contribution >= 0.6 is 12.4 Å². The van der Waals surface area contributed by atoms with Crippen molar-refractivity contribution in [1.29, 1.82) is 0 Å². The molecule has 1 unspecified atom stereocenters. The van der Waals surface area contributed by atoms with Gasteiger partial charge in [-0.1, -0.05) is 43.7 Å². The molecule has 2 rings (SSSR count). The quantitative estimate of drug-likeness (QED) is 0.690. The second kappa shape index (κ2) is 11.1. The van der Waals surface area contributed by atoms with Gasteiger partial charge in [0.05, 0.1) is 0 Å². The van der Waals surface area contributed by atoms with Gasteiger partial charge in [0.15, 0.2) is 0 Å². The van der Waals surface area contributed by atoms with Gasteiger partial charge in [0.2, 0.25) is 5.91 Å². The van der Waals surface area contributed by atoms with Crippen LogP contribution in [-0.4, -0.2) is 42.0 Å². The Morgan fingerprint density at radius 3 is 2.33 bits per heavy atom. The number of halogens is 1. The Morgan fingerprint density at radius 2 is 1.78 bits per heavy atom. The fourth-order valence-electron chi connectivity index (χ4n) is 3.13. The van der Waals surface area contributed by atoms with Crippen LogP contribution in [0.1, 0.15) is 44.2 Å². The molecule has 1 fully saturated rings. The fraction of sp³-hybridized carbons (Fsp3) is 0.600. The van der Waals surface area contributed by atoms with Crippen LogP contribution in [0.15, 0.2) is 24.3 Å². The Morgan fingerprint density at radius 1 is 1.19 bits per heavy atom. The Hall–Kier alpha value is -1.79. The predicted molar refractivity (Wildman–Crippen MR) is 111 cm³/mol. The van der Waals surface area contributed by atoms with Crippen LogP contribution in [0.5, 0.6) is 0 Å². The van der Waals surface area contributed by atoms with E-state index in [2.05, 4.69) is 24.5 Å². The summed E-state index contributed by atoms with van der Waals surface area (Å²) in [6.07, 6.45) is 2.26. The van der Waals surface area contributed by atoms with Crippen LogP contribution in [-0.2, 0) is 11.3 Å². The minimum atomic E-state index is -0.498. The maximum absolute atomic E-state index is 12.8. The molecular weight excluding hydrogens is 364 g/mol. The van der Waals surface area contributed by atoms with Crippen LogP contribution in [0.2, 0.25) is 0 Å². The summed E-state index contributed by atoms with van der Waals surface area (Å²) in [4.78, 5) is 27.0. The molecule has 4 N–H and O–H groups in total. The van der Waals surface area contributed by atoms with Crippen molar-refractivity contribution in [1.82, 2.24) is 15.5 Å². The number of likely N-dealkylation sites (tertiary alicyclic amines) is 1. The summed E-state index contributed by atoms with van der Waals surface area (Å²) in [6, 6.07) is 7.38. The predicted octanol–water partition coefficient (Wildman–Crippen LogP) is 2.58. The van der Waals surface area contributed by atoms with Gasteiger partial charge in [0, 0.05) is 25.7 Å². The van der Waals surface area contributed by atoms with E-state index in [9.17, 15) is 9.59 Å². The largest absolute Gasteiger partial charge is 0.341 e. The molecule has 6 nitrogen and oxygen atoms in total. The normalized spacial score (nSPS) is 15.8. The Labute approximate surface area is 168 Å². The zero-order chi connectivity index (χ0) is 19.1. The van der Waals surface area contributed by atoms with Crippen molar-refractivity contribution in [3.63, 3.8) is 0 Å². The molecule has 1 aliphatic rings. The summed E-state index contributed by atoms with van der Waals surface area (Å²) in [5.74, 6) is 0.310. The van der Waals surface area contributed by atoms with Crippen molar-refractivity contribution in [2.45, 2.75) is 58.7 Å². The van der Waals surface area contributed by atoms with Crippen molar-refractivity contribution in [2.24, 2.45) is 11.7 Å². The first kappa shape index (κ1) is 23.2. The molecule has 0 saturated carbocycles. The third-order valence-electron chi connectivity index (χ3n) is 4.74. The van der Waals surface area contributed by atoms with Gasteiger partial charge in [-0.3, -0.25) is 4.79 Å². The van der Waals surface area contributed by atoms with Crippen molar-refractivity contribution in [2.75, 3.05) is 13.1 Å². The number of carbonyl (C=O) groups excluding carboxylic acids is 2. The van der Waals surface area contributed by atoms with Crippen LogP contribution in [0.25, 0.3) is 0 Å². The summed E-state index contributed by atoms with van der Waals surface area (Å²) >= 11 is 0. The van der Waals surface area contributed by atoms with Crippen molar-refractivity contribution < 1.29 is 9.59 Å². The molecule has 1 atom stereocenters. The Kier molecular flexibility index (Phi) is 9.60. The van der Waals surface area contributed by atoms with Crippen LogP contribution in [0, 0.1) is 12.8 Å². The van der Waals surface area contributed by atoms with E-state index in [0.29, 0.717) is 32.0 Å². The molecular formula is C20H33ClN4O2. The lowest BCUT2D eigenvalue weighted by atomic mass is 10.0. The van der Waals surface area contributed by atoms with E-state index in [0.717, 1.165) is 18.4 Å². The van der Waals surface area contributed by atoms with Crippen molar-refractivity contribution in [3.8, 4) is 0 Å². The molecule has 152 valence electrons. The topological polar surface area (TPSA) is 87.5 Å². The molecule has 27 heavy (non-hydrogen) atoms. The number of hydrogen-bond acceptors (Lipinski definition) is 3. The standard InChI is InChI=1S/C20H32N4O2.ClH/c1-14(2)12-18(19(25)24-10-8-17(21)9-11-24)23-20(26)22-13-16-6-4-15(3)5-7-16;/h4-7,14,17-18H,8-13,21H2,1-3H3,(H2,22,23,26);1H. The number of hydrogen-bond donors (Lipinski definition) is 3. The lowest BCUT2D eigenvalue weighted by Crippen LogP contribution is -2.54. The maximum atomic E-state index is 12.8. The first-order valence-electron chi connectivity index (χ1n) is 9.49. The molecule has 0 bridgehead atoms. The molecule has 0 spiro atoms. The number of nitrogens with zero attached hydrogens (tertiary/aromatic N) is 1. The zero-order valence-corrected chi connectivity index (χ0v) is 17.3. The van der Waals surface area contributed by atoms with Gasteiger partial charge in [-0.15, -0.1) is 12.4 Å². The van der Waals surface area contributed by atoms with Gasteiger partial charge in [-0.25, -0.2) is 4.79 Å². The fourth-order valence-corrected chi connectivity index (χ4v) is 3.13. The molecule has 3 amide bonds. The van der Waals surface area contributed by atoms with Gasteiger partial charge in [-0.2, -0.15) is 0 Å². The summed E-state index contributed by atoms with van der Waals surface area (Å²) in [5, 5.41) is 5.71. The average molecular weight is 397 g/mol. The first-order valence-corrected chi connectivity index (χ1v) is 9.49. The smallest absolute Gasteiger partial charge is 0.315 e. The van der Waals surface area contributed by atoms with E-state index in [4.69, 9.17) is 5.73 Å². The number of carbonyl (C=O) groups is 2. The minimum absolute atomic E-state index is 0. The number of nitrogens with two attached hydrogens (primary N) is 1. The maximum Gasteiger partial charge on any atom is 0.315 e. The van der Waals surface area contributed by atoms with E-state index >= 15 is 0 Å². The van der Waals surface area contributed by atoms with Gasteiger partial charge in [0.1, 0.15) is 6.04 Å². The summed E-state index contributed by atoms with van der Waals surface area (Å²) in [7, 11) is 0. The minimum Gasteiger partial charge on any atom is -0.341 e. The highest BCUT2D eigenvalue weighted by molar-refractivity contribution is 5.87. The summed E-state index contributed by atoms with van der Waals surface area (Å²) in [6.45, 7) is 7.91. The van der Waals surface area contributed by atoms with Crippen LogP contribution in [0.4, 0.5) is 4.79 Å². The van der Waals surface area contributed by atoms with E-state index in [-0.39, 0.29) is 30.4 Å². The first-order chi connectivity index (χ1) is 12.3. The molecule has 7 heteroatoms. The highest BCUT2D eigenvalue weighted by Crippen LogP contribution is 2.13. The molecule has 1 aromatic carbocycles. The second-order valence-electron chi connectivity index (χ2n) is 7.66. The number of benzene rings is 1. The number of rotatable bonds is 6. The molecule has 0 aliphatic carbocycles. The number of piperidine rings is 1. The molecule has 0 aromatic heterocycles. The van der Waals surface area contributed by atoms with Gasteiger partial charge in [0.25, 0.3) is 0 Å². The van der Waals surface area contributed by atoms with Gasteiger partial charge >= 0.3 is 6.03 Å². The number of aryl methyl sites for hydroxylation is 1. The average Bonchev–Trinajstić information content (AvgIpc) is 2.60. The molecule has 1 heterocycles. The Balaban J connectivity index is 0.00000364. The lowest BCUT2D eigenvalue weighted by molar-refractivity contribution is -0.134.